The van der Waals surface area contributed by atoms with Gasteiger partial charge in [-0.1, -0.05) is 0 Å². The van der Waals surface area contributed by atoms with E-state index in [4.69, 9.17) is 5.73 Å². The Kier molecular flexibility index (Phi) is 7.85. The lowest BCUT2D eigenvalue weighted by molar-refractivity contribution is -0.136. The number of halogens is 1. The van der Waals surface area contributed by atoms with Crippen LogP contribution in [0.4, 0.5) is 15.8 Å². The molecule has 1 aliphatic carbocycles. The highest BCUT2D eigenvalue weighted by molar-refractivity contribution is 6.37. The van der Waals surface area contributed by atoms with Crippen molar-refractivity contribution in [1.29, 1.82) is 0 Å². The van der Waals surface area contributed by atoms with E-state index < -0.39 is 41.4 Å². The van der Waals surface area contributed by atoms with Gasteiger partial charge in [0.15, 0.2) is 0 Å². The lowest BCUT2D eigenvalue weighted by atomic mass is 9.99. The number of hydrogen-bond donors (Lipinski definition) is 3. The topological polar surface area (TPSA) is 167 Å². The van der Waals surface area contributed by atoms with Gasteiger partial charge in [0.05, 0.1) is 22.3 Å². The summed E-state index contributed by atoms with van der Waals surface area (Å²) in [6, 6.07) is 8.42. The molecule has 6 amide bonds. The first kappa shape index (κ1) is 32.6. The fraction of sp³-hybridized carbons (Fsp3) is 0.351. The number of hydrogen-bond acceptors (Lipinski definition) is 8. The molecule has 1 unspecified atom stereocenters. The predicted molar refractivity (Wildman–Crippen MR) is 184 cm³/mol. The van der Waals surface area contributed by atoms with Crippen molar-refractivity contribution in [3.63, 3.8) is 0 Å². The van der Waals surface area contributed by atoms with Gasteiger partial charge in [0.25, 0.3) is 23.6 Å². The van der Waals surface area contributed by atoms with E-state index >= 15 is 0 Å². The first-order valence-electron chi connectivity index (χ1n) is 17.2. The summed E-state index contributed by atoms with van der Waals surface area (Å²) in [6.45, 7) is 6.18. The Bertz CT molecular complexity index is 2130. The average Bonchev–Trinajstić information content (AvgIpc) is 3.80. The summed E-state index contributed by atoms with van der Waals surface area (Å²) in [6.07, 6.45) is 2.05. The quantitative estimate of drug-likeness (QED) is 0.251. The molecular formula is C37H36FN7O6. The van der Waals surface area contributed by atoms with Crippen LogP contribution < -0.4 is 21.3 Å². The van der Waals surface area contributed by atoms with Crippen molar-refractivity contribution in [1.82, 2.24) is 19.7 Å². The molecule has 0 spiro atoms. The van der Waals surface area contributed by atoms with E-state index in [1.165, 1.54) is 12.1 Å². The average molecular weight is 694 g/mol. The maximum absolute atomic E-state index is 14.3. The van der Waals surface area contributed by atoms with Crippen LogP contribution >= 0.6 is 0 Å². The smallest absolute Gasteiger partial charge is 0.262 e. The van der Waals surface area contributed by atoms with E-state index in [0.29, 0.717) is 54.9 Å². The summed E-state index contributed by atoms with van der Waals surface area (Å²) in [7, 11) is 0. The molecule has 4 N–H and O–H groups in total. The first-order chi connectivity index (χ1) is 24.5. The molecule has 1 atom stereocenters. The summed E-state index contributed by atoms with van der Waals surface area (Å²) >= 11 is 0. The number of primary amides is 1. The maximum Gasteiger partial charge on any atom is 0.262 e. The SMILES string of the molecule is Cc1c(C(N)=O)c2c(n1CCCN1CCN(c3ccc4c(c3)C(=O)N(C3CCC(=O)NC3=O)C4=O)CC1)/C(=C1/C(=O)Nc3ccc(F)cc31)CC2. The third-order valence-corrected chi connectivity index (χ3v) is 10.8. The molecule has 1 aromatic heterocycles. The van der Waals surface area contributed by atoms with Gasteiger partial charge in [0.1, 0.15) is 11.9 Å². The molecule has 13 nitrogen and oxygen atoms in total. The van der Waals surface area contributed by atoms with Crippen molar-refractivity contribution in [3.05, 3.63) is 81.4 Å². The molecule has 2 saturated heterocycles. The van der Waals surface area contributed by atoms with Crippen LogP contribution in [0.2, 0.25) is 0 Å². The van der Waals surface area contributed by atoms with E-state index in [2.05, 4.69) is 25.0 Å². The van der Waals surface area contributed by atoms with Gasteiger partial charge in [-0.3, -0.25) is 43.9 Å². The van der Waals surface area contributed by atoms with E-state index in [0.717, 1.165) is 59.2 Å². The number of nitrogens with two attached hydrogens (primary N) is 1. The van der Waals surface area contributed by atoms with Gasteiger partial charge in [-0.05, 0) is 86.7 Å². The van der Waals surface area contributed by atoms with Crippen molar-refractivity contribution in [2.45, 2.75) is 51.6 Å². The summed E-state index contributed by atoms with van der Waals surface area (Å²) in [4.78, 5) is 81.7. The molecule has 3 aromatic rings. The number of nitrogens with zero attached hydrogens (tertiary/aromatic N) is 4. The Morgan fingerprint density at radius 3 is 2.39 bits per heavy atom. The summed E-state index contributed by atoms with van der Waals surface area (Å²) in [5.74, 6) is -3.32. The normalized spacial score (nSPS) is 21.6. The van der Waals surface area contributed by atoms with Crippen molar-refractivity contribution >= 4 is 58.0 Å². The molecule has 0 saturated carbocycles. The molecule has 14 heteroatoms. The molecule has 4 aliphatic heterocycles. The minimum atomic E-state index is -1.01. The third-order valence-electron chi connectivity index (χ3n) is 10.8. The highest BCUT2D eigenvalue weighted by Gasteiger charge is 2.45. The number of anilines is 2. The van der Waals surface area contributed by atoms with Crippen molar-refractivity contribution in [3.8, 4) is 0 Å². The first-order valence-corrected chi connectivity index (χ1v) is 17.2. The van der Waals surface area contributed by atoms with Crippen molar-refractivity contribution < 1.29 is 33.2 Å². The molecular weight excluding hydrogens is 657 g/mol. The van der Waals surface area contributed by atoms with Gasteiger partial charge in [-0.15, -0.1) is 0 Å². The number of imide groups is 2. The van der Waals surface area contributed by atoms with Crippen LogP contribution in [-0.4, -0.2) is 88.6 Å². The Labute approximate surface area is 292 Å². The number of carbonyl (C=O) groups excluding carboxylic acids is 6. The summed E-state index contributed by atoms with van der Waals surface area (Å²) in [5, 5.41) is 5.07. The molecule has 8 rings (SSSR count). The van der Waals surface area contributed by atoms with Gasteiger partial charge in [0, 0.05) is 67.5 Å². The zero-order valence-electron chi connectivity index (χ0n) is 28.0. The number of piperazine rings is 1. The van der Waals surface area contributed by atoms with Crippen LogP contribution in [0.5, 0.6) is 0 Å². The van der Waals surface area contributed by atoms with Crippen LogP contribution in [0.3, 0.4) is 0 Å². The maximum atomic E-state index is 14.3. The fourth-order valence-electron chi connectivity index (χ4n) is 8.39. The number of rotatable bonds is 7. The molecule has 2 aromatic carbocycles. The second-order valence-corrected chi connectivity index (χ2v) is 13.7. The van der Waals surface area contributed by atoms with Gasteiger partial charge in [-0.2, -0.15) is 0 Å². The molecule has 5 heterocycles. The van der Waals surface area contributed by atoms with Crippen LogP contribution in [-0.2, 0) is 27.3 Å². The number of aromatic nitrogens is 1. The number of allylic oxidation sites excluding steroid dienone is 1. The molecule has 51 heavy (non-hydrogen) atoms. The minimum Gasteiger partial charge on any atom is -0.369 e. The van der Waals surface area contributed by atoms with Crippen molar-refractivity contribution in [2.24, 2.45) is 5.73 Å². The zero-order chi connectivity index (χ0) is 35.7. The standard InChI is InChI=1S/C37H36FN7O6/c1-19-30(33(39)47)23-6-7-24(31-26-17-20(38)3-8-27(26)40-35(31)49)32(23)44(19)12-2-11-42-13-15-43(16-14-42)21-4-5-22-25(18-21)37(51)45(36(22)50)28-9-10-29(46)41-34(28)48/h3-5,8,17-18,28H,2,6-7,9-16H2,1H3,(H2,39,47)(H,40,49)(H,41,46,48)/b31-24+. The summed E-state index contributed by atoms with van der Waals surface area (Å²) < 4.78 is 16.4. The van der Waals surface area contributed by atoms with Gasteiger partial charge >= 0.3 is 0 Å². The summed E-state index contributed by atoms with van der Waals surface area (Å²) in [5.41, 5.74) is 12.4. The minimum absolute atomic E-state index is 0.0655. The third kappa shape index (κ3) is 5.32. The molecule has 0 bridgehead atoms. The number of benzene rings is 2. The second kappa shape index (κ2) is 12.3. The molecule has 0 radical (unpaired) electrons. The molecule has 5 aliphatic rings. The van der Waals surface area contributed by atoms with Gasteiger partial charge in [0.2, 0.25) is 11.8 Å². The van der Waals surface area contributed by atoms with E-state index in [-0.39, 0.29) is 29.9 Å². The number of carbonyl (C=O) groups is 6. The van der Waals surface area contributed by atoms with E-state index in [9.17, 15) is 33.2 Å². The number of fused-ring (bicyclic) bond motifs is 3. The Balaban J connectivity index is 0.944. The number of nitrogens with one attached hydrogen (secondary N) is 2. The second-order valence-electron chi connectivity index (χ2n) is 13.7. The van der Waals surface area contributed by atoms with E-state index in [1.807, 2.05) is 13.0 Å². The Hall–Kier alpha value is -5.63. The van der Waals surface area contributed by atoms with Crippen LogP contribution in [0, 0.1) is 12.7 Å². The van der Waals surface area contributed by atoms with Gasteiger partial charge < -0.3 is 20.5 Å². The van der Waals surface area contributed by atoms with E-state index in [1.54, 1.807) is 18.2 Å². The lowest BCUT2D eigenvalue weighted by Crippen LogP contribution is -2.54. The van der Waals surface area contributed by atoms with Crippen LogP contribution in [0.25, 0.3) is 11.1 Å². The number of piperidine rings is 1. The monoisotopic (exact) mass is 693 g/mol. The van der Waals surface area contributed by atoms with Crippen molar-refractivity contribution in [2.75, 3.05) is 42.9 Å². The Morgan fingerprint density at radius 2 is 1.65 bits per heavy atom. The van der Waals surface area contributed by atoms with Crippen LogP contribution in [0.1, 0.15) is 79.3 Å². The fourth-order valence-corrected chi connectivity index (χ4v) is 8.39. The lowest BCUT2D eigenvalue weighted by Gasteiger charge is -2.36. The zero-order valence-corrected chi connectivity index (χ0v) is 28.0. The highest BCUT2D eigenvalue weighted by atomic mass is 19.1. The number of amides is 6. The largest absolute Gasteiger partial charge is 0.369 e. The Morgan fingerprint density at radius 1 is 0.882 bits per heavy atom. The molecule has 2 fully saturated rings. The van der Waals surface area contributed by atoms with Crippen LogP contribution in [0.15, 0.2) is 36.4 Å². The molecule has 262 valence electrons. The van der Waals surface area contributed by atoms with Gasteiger partial charge in [-0.25, -0.2) is 4.39 Å². The highest BCUT2D eigenvalue weighted by Crippen LogP contribution is 2.45. The predicted octanol–water partition coefficient (Wildman–Crippen LogP) is 2.46.